The normalized spacial score (nSPS) is 15.5. The highest BCUT2D eigenvalue weighted by atomic mass is 32.2. The van der Waals surface area contributed by atoms with Gasteiger partial charge in [-0.25, -0.2) is 8.42 Å². The molecule has 2 aromatic rings. The fourth-order valence-electron chi connectivity index (χ4n) is 3.54. The molecular formula is C21H24N2O3S. The highest BCUT2D eigenvalue weighted by Gasteiger charge is 2.36. The van der Waals surface area contributed by atoms with Gasteiger partial charge in [0.05, 0.1) is 10.6 Å². The number of rotatable bonds is 5. The summed E-state index contributed by atoms with van der Waals surface area (Å²) in [5.41, 5.74) is 1.72. The average molecular weight is 385 g/mol. The van der Waals surface area contributed by atoms with E-state index in [2.05, 4.69) is 9.62 Å². The van der Waals surface area contributed by atoms with Crippen LogP contribution in [0.5, 0.6) is 0 Å². The van der Waals surface area contributed by atoms with Gasteiger partial charge >= 0.3 is 0 Å². The Kier molecular flexibility index (Phi) is 5.11. The maximum Gasteiger partial charge on any atom is 0.262 e. The van der Waals surface area contributed by atoms with Crippen LogP contribution < -0.4 is 4.72 Å². The summed E-state index contributed by atoms with van der Waals surface area (Å²) in [5.74, 6) is -0.338. The van der Waals surface area contributed by atoms with E-state index in [0.29, 0.717) is 16.8 Å². The first-order chi connectivity index (χ1) is 12.7. The fraction of sp³-hybridized carbons (Fsp3) is 0.286. The Morgan fingerprint density at radius 2 is 1.44 bits per heavy atom. The monoisotopic (exact) mass is 384 g/mol. The lowest BCUT2D eigenvalue weighted by Gasteiger charge is -2.39. The van der Waals surface area contributed by atoms with Crippen molar-refractivity contribution in [2.75, 3.05) is 0 Å². The Hall–Kier alpha value is -2.60. The number of hydrogen-bond donors (Lipinski definition) is 1. The van der Waals surface area contributed by atoms with Crippen molar-refractivity contribution in [1.82, 2.24) is 9.62 Å². The van der Waals surface area contributed by atoms with Crippen LogP contribution in [0.3, 0.4) is 0 Å². The van der Waals surface area contributed by atoms with Gasteiger partial charge in [-0.2, -0.15) is 0 Å². The van der Waals surface area contributed by atoms with E-state index in [1.807, 2.05) is 33.8 Å². The van der Waals surface area contributed by atoms with E-state index in [1.165, 1.54) is 0 Å². The molecule has 0 unspecified atom stereocenters. The quantitative estimate of drug-likeness (QED) is 0.799. The van der Waals surface area contributed by atoms with Crippen LogP contribution >= 0.6 is 0 Å². The first-order valence-corrected chi connectivity index (χ1v) is 10.5. The predicted molar refractivity (Wildman–Crippen MR) is 107 cm³/mol. The van der Waals surface area contributed by atoms with Crippen molar-refractivity contribution in [3.63, 3.8) is 0 Å². The van der Waals surface area contributed by atoms with E-state index in [9.17, 15) is 13.2 Å². The highest BCUT2D eigenvalue weighted by Crippen LogP contribution is 2.36. The van der Waals surface area contributed by atoms with E-state index in [-0.39, 0.29) is 28.5 Å². The molecule has 0 aliphatic carbocycles. The minimum absolute atomic E-state index is 0.0780. The van der Waals surface area contributed by atoms with Crippen molar-refractivity contribution < 1.29 is 13.2 Å². The van der Waals surface area contributed by atoms with Crippen molar-refractivity contribution in [1.29, 1.82) is 0 Å². The van der Waals surface area contributed by atoms with Gasteiger partial charge in [0.2, 0.25) is 5.78 Å². The van der Waals surface area contributed by atoms with Gasteiger partial charge in [0.25, 0.3) is 10.0 Å². The molecule has 0 saturated heterocycles. The smallest absolute Gasteiger partial charge is 0.262 e. The zero-order chi connectivity index (χ0) is 19.8. The molecule has 6 heteroatoms. The molecule has 1 heterocycles. The fourth-order valence-corrected chi connectivity index (χ4v) is 4.82. The van der Waals surface area contributed by atoms with E-state index < -0.39 is 10.0 Å². The van der Waals surface area contributed by atoms with Crippen molar-refractivity contribution in [2.24, 2.45) is 0 Å². The molecule has 1 aliphatic rings. The molecule has 0 atom stereocenters. The van der Waals surface area contributed by atoms with Crippen LogP contribution in [0.25, 0.3) is 5.70 Å². The van der Waals surface area contributed by atoms with Crippen LogP contribution in [0, 0.1) is 0 Å². The summed E-state index contributed by atoms with van der Waals surface area (Å²) in [6.45, 7) is 8.12. The SMILES string of the molecule is CC(C)N(C1=C(C(=O)c2ccccc2)NS(=O)(=O)c2ccccc21)C(C)C. The Bertz CT molecular complexity index is 985. The molecule has 1 aliphatic heterocycles. The number of allylic oxidation sites excluding steroid dienone is 1. The molecule has 0 aromatic heterocycles. The molecule has 27 heavy (non-hydrogen) atoms. The van der Waals surface area contributed by atoms with Gasteiger partial charge in [-0.3, -0.25) is 9.52 Å². The lowest BCUT2D eigenvalue weighted by molar-refractivity contribution is 0.102. The van der Waals surface area contributed by atoms with Gasteiger partial charge in [0.1, 0.15) is 5.70 Å². The molecule has 2 aromatic carbocycles. The zero-order valence-corrected chi connectivity index (χ0v) is 16.7. The first-order valence-electron chi connectivity index (χ1n) is 8.98. The highest BCUT2D eigenvalue weighted by molar-refractivity contribution is 7.89. The Balaban J connectivity index is 2.33. The molecule has 1 N–H and O–H groups in total. The summed E-state index contributed by atoms with van der Waals surface area (Å²) < 4.78 is 28.2. The molecule has 0 spiro atoms. The molecule has 0 radical (unpaired) electrons. The second-order valence-electron chi connectivity index (χ2n) is 7.12. The maximum absolute atomic E-state index is 13.2. The molecule has 142 valence electrons. The van der Waals surface area contributed by atoms with E-state index >= 15 is 0 Å². The second-order valence-corrected chi connectivity index (χ2v) is 8.77. The third-order valence-electron chi connectivity index (χ3n) is 4.54. The summed E-state index contributed by atoms with van der Waals surface area (Å²) in [5, 5.41) is 0. The van der Waals surface area contributed by atoms with Crippen LogP contribution in [0.15, 0.2) is 65.2 Å². The number of carbonyl (C=O) groups excluding carboxylic acids is 1. The standard InChI is InChI=1S/C21H24N2O3S/c1-14(2)23(15(3)4)20-17-12-8-9-13-18(17)27(25,26)22-19(20)21(24)16-10-6-5-7-11-16/h5-15,22H,1-4H3. The lowest BCUT2D eigenvalue weighted by atomic mass is 10.00. The molecule has 0 saturated carbocycles. The third kappa shape index (κ3) is 3.49. The van der Waals surface area contributed by atoms with Crippen LogP contribution in [0.2, 0.25) is 0 Å². The number of nitrogens with zero attached hydrogens (tertiary/aromatic N) is 1. The Morgan fingerprint density at radius 3 is 2.04 bits per heavy atom. The predicted octanol–water partition coefficient (Wildman–Crippen LogP) is 3.65. The summed E-state index contributed by atoms with van der Waals surface area (Å²) >= 11 is 0. The molecule has 0 amide bonds. The van der Waals surface area contributed by atoms with Crippen molar-refractivity contribution in [2.45, 2.75) is 44.7 Å². The van der Waals surface area contributed by atoms with Gasteiger partial charge in [0, 0.05) is 23.2 Å². The number of nitrogens with one attached hydrogen (secondary N) is 1. The number of hydrogen-bond acceptors (Lipinski definition) is 4. The summed E-state index contributed by atoms with van der Waals surface area (Å²) in [6, 6.07) is 15.7. The number of ketones is 1. The van der Waals surface area contributed by atoms with Crippen LogP contribution in [0.4, 0.5) is 0 Å². The number of Topliss-reactive ketones (excluding diaryl/α,β-unsaturated/α-hetero) is 1. The summed E-state index contributed by atoms with van der Waals surface area (Å²) in [7, 11) is -3.82. The van der Waals surface area contributed by atoms with Gasteiger partial charge in [-0.1, -0.05) is 48.5 Å². The van der Waals surface area contributed by atoms with Gasteiger partial charge in [0.15, 0.2) is 0 Å². The lowest BCUT2D eigenvalue weighted by Crippen LogP contribution is -2.42. The molecule has 0 bridgehead atoms. The van der Waals surface area contributed by atoms with Crippen LogP contribution in [-0.4, -0.2) is 31.2 Å². The van der Waals surface area contributed by atoms with Crippen LogP contribution in [0.1, 0.15) is 43.6 Å². The van der Waals surface area contributed by atoms with E-state index in [0.717, 1.165) is 0 Å². The van der Waals surface area contributed by atoms with Gasteiger partial charge < -0.3 is 4.90 Å². The topological polar surface area (TPSA) is 66.5 Å². The molecule has 5 nitrogen and oxygen atoms in total. The van der Waals surface area contributed by atoms with Gasteiger partial charge in [-0.05, 0) is 33.8 Å². The molecular weight excluding hydrogens is 360 g/mol. The van der Waals surface area contributed by atoms with Crippen molar-refractivity contribution in [3.05, 3.63) is 71.4 Å². The van der Waals surface area contributed by atoms with Crippen molar-refractivity contribution >= 4 is 21.5 Å². The Morgan fingerprint density at radius 1 is 0.889 bits per heavy atom. The van der Waals surface area contributed by atoms with Crippen LogP contribution in [-0.2, 0) is 10.0 Å². The minimum atomic E-state index is -3.82. The zero-order valence-electron chi connectivity index (χ0n) is 15.9. The number of sulfonamides is 1. The minimum Gasteiger partial charge on any atom is -0.364 e. The number of fused-ring (bicyclic) bond motifs is 1. The molecule has 0 fully saturated rings. The second kappa shape index (κ2) is 7.19. The number of benzene rings is 2. The maximum atomic E-state index is 13.2. The number of carbonyl (C=O) groups is 1. The first kappa shape index (κ1) is 19.2. The molecule has 3 rings (SSSR count). The summed E-state index contributed by atoms with van der Waals surface area (Å²) in [4.78, 5) is 15.5. The average Bonchev–Trinajstić information content (AvgIpc) is 2.63. The van der Waals surface area contributed by atoms with Crippen molar-refractivity contribution in [3.8, 4) is 0 Å². The Labute approximate surface area is 160 Å². The van der Waals surface area contributed by atoms with E-state index in [4.69, 9.17) is 0 Å². The third-order valence-corrected chi connectivity index (χ3v) is 5.95. The van der Waals surface area contributed by atoms with E-state index in [1.54, 1.807) is 48.5 Å². The summed E-state index contributed by atoms with van der Waals surface area (Å²) in [6.07, 6.45) is 0. The largest absolute Gasteiger partial charge is 0.364 e. The van der Waals surface area contributed by atoms with Gasteiger partial charge in [-0.15, -0.1) is 0 Å².